The monoisotopic (exact) mass is 754 g/mol. The number of nitrogens with zero attached hydrogens (tertiary/aromatic N) is 3. The Morgan fingerprint density at radius 2 is 1.52 bits per heavy atom. The predicted molar refractivity (Wildman–Crippen MR) is 177 cm³/mol. The van der Waals surface area contributed by atoms with Crippen LogP contribution in [0.1, 0.15) is 43.0 Å². The van der Waals surface area contributed by atoms with Crippen molar-refractivity contribution in [3.8, 4) is 28.3 Å². The molecule has 0 spiro atoms. The van der Waals surface area contributed by atoms with Crippen molar-refractivity contribution < 1.29 is 24.5 Å². The van der Waals surface area contributed by atoms with Crippen LogP contribution in [0.25, 0.3) is 50.3 Å². The minimum absolute atomic E-state index is 0. The van der Waals surface area contributed by atoms with Gasteiger partial charge in [-0.1, -0.05) is 97.4 Å². The van der Waals surface area contributed by atoms with Gasteiger partial charge in [0.2, 0.25) is 0 Å². The van der Waals surface area contributed by atoms with E-state index in [0.717, 1.165) is 44.6 Å². The van der Waals surface area contributed by atoms with Gasteiger partial charge in [-0.2, -0.15) is 0 Å². The van der Waals surface area contributed by atoms with E-state index in [0.29, 0.717) is 0 Å². The van der Waals surface area contributed by atoms with Crippen molar-refractivity contribution in [2.24, 2.45) is 0 Å². The first kappa shape index (κ1) is 31.1. The van der Waals surface area contributed by atoms with Crippen molar-refractivity contribution in [2.45, 2.75) is 47.0 Å². The number of para-hydroxylation sites is 2. The van der Waals surface area contributed by atoms with Gasteiger partial charge in [0.05, 0.1) is 16.9 Å². The van der Waals surface area contributed by atoms with Crippen molar-refractivity contribution >= 4 is 22.0 Å². The molecule has 7 rings (SSSR count). The Morgan fingerprint density at radius 1 is 0.795 bits per heavy atom. The molecule has 5 heteroatoms. The molecule has 4 nitrogen and oxygen atoms in total. The molecule has 44 heavy (non-hydrogen) atoms. The Labute approximate surface area is 273 Å². The molecule has 0 N–H and O–H groups in total. The zero-order valence-corrected chi connectivity index (χ0v) is 28.3. The van der Waals surface area contributed by atoms with E-state index in [2.05, 4.69) is 106 Å². The number of aryl methyl sites for hydroxylation is 3. The summed E-state index contributed by atoms with van der Waals surface area (Å²) >= 11 is 0. The standard InChI is InChI=1S/C28H27N2O.C11H8N.Ir/c1-17-13-18(2)26(19(3)14-17)30-24-10-8-7-9-23(24)29-27(30)22-16-31-25-12-11-20(15-21(22)25)28(4,5)6;1-2-6-10(7-3-1)11-8-4-5-9-12-11;/h7-15H,1-6H3;1-6,8-9H;/q2*-1;. The number of benzene rings is 4. The van der Waals surface area contributed by atoms with Gasteiger partial charge in [0.1, 0.15) is 0 Å². The van der Waals surface area contributed by atoms with Gasteiger partial charge in [-0.3, -0.25) is 4.98 Å². The second-order valence-corrected chi connectivity index (χ2v) is 12.0. The molecule has 0 atom stereocenters. The third kappa shape index (κ3) is 6.17. The number of furan rings is 1. The summed E-state index contributed by atoms with van der Waals surface area (Å²) in [6, 6.07) is 36.0. The maximum atomic E-state index is 5.86. The molecule has 0 unspecified atom stereocenters. The van der Waals surface area contributed by atoms with E-state index in [4.69, 9.17) is 9.40 Å². The number of aromatic nitrogens is 3. The number of pyridine rings is 1. The van der Waals surface area contributed by atoms with Crippen LogP contribution < -0.4 is 0 Å². The molecule has 4 aromatic carbocycles. The second-order valence-electron chi connectivity index (χ2n) is 12.0. The molecule has 0 saturated heterocycles. The van der Waals surface area contributed by atoms with E-state index in [1.54, 1.807) is 6.20 Å². The Kier molecular flexibility index (Phi) is 9.01. The van der Waals surface area contributed by atoms with Gasteiger partial charge < -0.3 is 14.0 Å². The molecule has 0 bridgehead atoms. The number of fused-ring (bicyclic) bond motifs is 2. The Hall–Kier alpha value is -4.31. The fraction of sp³-hybridized carbons (Fsp3) is 0.179. The van der Waals surface area contributed by atoms with Crippen molar-refractivity contribution in [1.29, 1.82) is 0 Å². The van der Waals surface area contributed by atoms with Crippen LogP contribution in [0.4, 0.5) is 0 Å². The molecule has 3 heterocycles. The maximum absolute atomic E-state index is 5.86. The van der Waals surface area contributed by atoms with Crippen molar-refractivity contribution in [1.82, 2.24) is 14.5 Å². The van der Waals surface area contributed by atoms with Crippen molar-refractivity contribution in [2.75, 3.05) is 0 Å². The minimum atomic E-state index is 0. The van der Waals surface area contributed by atoms with Crippen LogP contribution in [0.2, 0.25) is 0 Å². The zero-order valence-electron chi connectivity index (χ0n) is 25.9. The summed E-state index contributed by atoms with van der Waals surface area (Å²) in [7, 11) is 0. The van der Waals surface area contributed by atoms with Crippen molar-refractivity contribution in [3.63, 3.8) is 0 Å². The van der Waals surface area contributed by atoms with E-state index < -0.39 is 0 Å². The van der Waals surface area contributed by atoms with Crippen LogP contribution in [-0.4, -0.2) is 14.5 Å². The van der Waals surface area contributed by atoms with E-state index in [-0.39, 0.29) is 25.5 Å². The number of hydrogen-bond donors (Lipinski definition) is 0. The van der Waals surface area contributed by atoms with Gasteiger partial charge in [0.25, 0.3) is 0 Å². The van der Waals surface area contributed by atoms with Gasteiger partial charge in [-0.25, -0.2) is 0 Å². The fourth-order valence-electron chi connectivity index (χ4n) is 5.63. The largest absolute Gasteiger partial charge is 0.557 e. The van der Waals surface area contributed by atoms with Gasteiger partial charge in [-0.05, 0) is 61.2 Å². The topological polar surface area (TPSA) is 43.9 Å². The molecule has 0 fully saturated rings. The average molecular weight is 754 g/mol. The number of rotatable bonds is 3. The fourth-order valence-corrected chi connectivity index (χ4v) is 5.63. The Balaban J connectivity index is 0.000000248. The summed E-state index contributed by atoms with van der Waals surface area (Å²) in [6.45, 7) is 13.2. The third-order valence-electron chi connectivity index (χ3n) is 7.67. The van der Waals surface area contributed by atoms with E-state index in [1.807, 2.05) is 54.6 Å². The third-order valence-corrected chi connectivity index (χ3v) is 7.67. The number of imidazole rings is 1. The second kappa shape index (κ2) is 12.7. The summed E-state index contributed by atoms with van der Waals surface area (Å²) < 4.78 is 8.13. The van der Waals surface area contributed by atoms with Gasteiger partial charge in [-0.15, -0.1) is 35.9 Å². The van der Waals surface area contributed by atoms with E-state index in [9.17, 15) is 0 Å². The summed E-state index contributed by atoms with van der Waals surface area (Å²) in [5, 5.41) is 1.05. The quantitative estimate of drug-likeness (QED) is 0.169. The smallest absolute Gasteiger partial charge is 0.0774 e. The summed E-state index contributed by atoms with van der Waals surface area (Å²) in [6.07, 6.45) is 4.96. The molecule has 0 saturated carbocycles. The van der Waals surface area contributed by atoms with Crippen LogP contribution in [0.3, 0.4) is 0 Å². The molecule has 3 aromatic heterocycles. The summed E-state index contributed by atoms with van der Waals surface area (Å²) in [4.78, 5) is 9.27. The first-order valence-electron chi connectivity index (χ1n) is 14.6. The van der Waals surface area contributed by atoms with Gasteiger partial charge in [0.15, 0.2) is 0 Å². The molecule has 0 aliphatic rings. The first-order valence-corrected chi connectivity index (χ1v) is 14.6. The summed E-state index contributed by atoms with van der Waals surface area (Å²) in [5.41, 5.74) is 12.0. The maximum Gasteiger partial charge on any atom is 0.0774 e. The van der Waals surface area contributed by atoms with E-state index in [1.165, 1.54) is 27.9 Å². The first-order chi connectivity index (χ1) is 20.7. The molecule has 0 amide bonds. The minimum Gasteiger partial charge on any atom is -0.557 e. The SMILES string of the molecule is Cc1cc(C)c(-n2c(-c3[c-]oc4ccc(C(C)(C)C)cc34)nc3ccccc32)c(C)c1.[Ir].[c-]1ccccc1-c1ccccn1. The molecule has 1 radical (unpaired) electrons. The van der Waals surface area contributed by atoms with Crippen LogP contribution >= 0.6 is 0 Å². The number of hydrogen-bond acceptors (Lipinski definition) is 3. The molecular weight excluding hydrogens is 719 g/mol. The Morgan fingerprint density at radius 3 is 2.20 bits per heavy atom. The van der Waals surface area contributed by atoms with E-state index >= 15 is 0 Å². The summed E-state index contributed by atoms with van der Waals surface area (Å²) in [5.74, 6) is 0.862. The van der Waals surface area contributed by atoms with Crippen molar-refractivity contribution in [3.05, 3.63) is 138 Å². The van der Waals surface area contributed by atoms with Crippen LogP contribution in [0.15, 0.2) is 108 Å². The molecule has 0 aliphatic carbocycles. The molecule has 0 aliphatic heterocycles. The molecular formula is C39H35IrN3O-2. The molecule has 7 aromatic rings. The Bertz CT molecular complexity index is 1970. The van der Waals surface area contributed by atoms with Crippen LogP contribution in [-0.2, 0) is 25.5 Å². The van der Waals surface area contributed by atoms with Crippen LogP contribution in [0, 0.1) is 33.1 Å². The van der Waals surface area contributed by atoms with Gasteiger partial charge in [0, 0.05) is 43.8 Å². The normalized spacial score (nSPS) is 11.2. The zero-order chi connectivity index (χ0) is 30.1. The van der Waals surface area contributed by atoms with Gasteiger partial charge >= 0.3 is 0 Å². The average Bonchev–Trinajstić information content (AvgIpc) is 3.59. The predicted octanol–water partition coefficient (Wildman–Crippen LogP) is 10.0. The van der Waals surface area contributed by atoms with Crippen LogP contribution in [0.5, 0.6) is 0 Å². The molecule has 223 valence electrons.